The Labute approximate surface area is 118 Å². The van der Waals surface area contributed by atoms with E-state index in [1.807, 2.05) is 5.38 Å². The van der Waals surface area contributed by atoms with E-state index in [0.717, 1.165) is 16.4 Å². The third-order valence-corrected chi connectivity index (χ3v) is 3.48. The van der Waals surface area contributed by atoms with Gasteiger partial charge >= 0.3 is 0 Å². The van der Waals surface area contributed by atoms with E-state index in [1.165, 1.54) is 23.7 Å². The number of hydrogen-bond donors (Lipinski definition) is 1. The summed E-state index contributed by atoms with van der Waals surface area (Å²) in [6.45, 7) is 0.442. The molecule has 0 aromatic carbocycles. The molecule has 0 saturated carbocycles. The molecule has 0 aliphatic rings. The lowest BCUT2D eigenvalue weighted by Gasteiger charge is -2.04. The van der Waals surface area contributed by atoms with E-state index < -0.39 is 0 Å². The highest BCUT2D eigenvalue weighted by Gasteiger charge is 2.07. The Morgan fingerprint density at radius 3 is 2.85 bits per heavy atom. The SMILES string of the molecule is Fc1cnccc1NCc1csc(-c2cnccn2)n1. The monoisotopic (exact) mass is 287 g/mol. The minimum Gasteiger partial charge on any atom is -0.377 e. The molecule has 0 fully saturated rings. The molecule has 20 heavy (non-hydrogen) atoms. The standard InChI is InChI=1S/C13H10FN5S/c14-10-6-15-2-1-11(10)18-5-9-8-20-13(19-9)12-7-16-3-4-17-12/h1-4,6-8H,5H2,(H,15,18). The molecular weight excluding hydrogens is 277 g/mol. The quantitative estimate of drug-likeness (QED) is 0.799. The van der Waals surface area contributed by atoms with Crippen molar-refractivity contribution in [1.82, 2.24) is 19.9 Å². The van der Waals surface area contributed by atoms with E-state index in [9.17, 15) is 4.39 Å². The molecule has 0 aliphatic carbocycles. The van der Waals surface area contributed by atoms with Gasteiger partial charge in [-0.15, -0.1) is 11.3 Å². The van der Waals surface area contributed by atoms with Crippen molar-refractivity contribution in [2.45, 2.75) is 6.54 Å². The largest absolute Gasteiger partial charge is 0.377 e. The number of pyridine rings is 1. The first-order valence-corrected chi connectivity index (χ1v) is 6.75. The number of thiazole rings is 1. The van der Waals surface area contributed by atoms with Gasteiger partial charge in [-0.3, -0.25) is 15.0 Å². The summed E-state index contributed by atoms with van der Waals surface area (Å²) in [5.41, 5.74) is 1.97. The van der Waals surface area contributed by atoms with E-state index >= 15 is 0 Å². The summed E-state index contributed by atoms with van der Waals surface area (Å²) < 4.78 is 13.4. The zero-order valence-corrected chi connectivity index (χ0v) is 11.1. The van der Waals surface area contributed by atoms with Gasteiger partial charge in [-0.1, -0.05) is 0 Å². The Balaban J connectivity index is 1.71. The van der Waals surface area contributed by atoms with Gasteiger partial charge in [-0.05, 0) is 6.07 Å². The van der Waals surface area contributed by atoms with E-state index in [1.54, 1.807) is 24.7 Å². The smallest absolute Gasteiger partial charge is 0.164 e. The molecule has 3 aromatic heterocycles. The lowest BCUT2D eigenvalue weighted by molar-refractivity contribution is 0.623. The van der Waals surface area contributed by atoms with Crippen LogP contribution in [0, 0.1) is 5.82 Å². The molecule has 3 heterocycles. The molecule has 7 heteroatoms. The van der Waals surface area contributed by atoms with E-state index in [2.05, 4.69) is 25.3 Å². The van der Waals surface area contributed by atoms with E-state index in [-0.39, 0.29) is 5.82 Å². The van der Waals surface area contributed by atoms with Gasteiger partial charge in [-0.25, -0.2) is 9.37 Å². The van der Waals surface area contributed by atoms with Gasteiger partial charge in [0.05, 0.1) is 30.3 Å². The lowest BCUT2D eigenvalue weighted by atomic mass is 10.3. The summed E-state index contributed by atoms with van der Waals surface area (Å²) in [5.74, 6) is -0.378. The Hall–Kier alpha value is -2.41. The van der Waals surface area contributed by atoms with Crippen LogP contribution in [0.4, 0.5) is 10.1 Å². The maximum absolute atomic E-state index is 13.4. The Morgan fingerprint density at radius 2 is 2.05 bits per heavy atom. The van der Waals surface area contributed by atoms with Gasteiger partial charge in [0, 0.05) is 24.0 Å². The molecule has 0 aliphatic heterocycles. The number of aromatic nitrogens is 4. The molecule has 0 bridgehead atoms. The summed E-state index contributed by atoms with van der Waals surface area (Å²) in [6, 6.07) is 1.59. The molecule has 100 valence electrons. The second kappa shape index (κ2) is 5.70. The van der Waals surface area contributed by atoms with E-state index in [4.69, 9.17) is 0 Å². The maximum atomic E-state index is 13.4. The topological polar surface area (TPSA) is 63.6 Å². The number of nitrogens with zero attached hydrogens (tertiary/aromatic N) is 4. The van der Waals surface area contributed by atoms with E-state index in [0.29, 0.717) is 12.2 Å². The molecular formula is C13H10FN5S. The first-order valence-electron chi connectivity index (χ1n) is 5.87. The highest BCUT2D eigenvalue weighted by Crippen LogP contribution is 2.21. The van der Waals surface area contributed by atoms with Crippen LogP contribution in [0.2, 0.25) is 0 Å². The van der Waals surface area contributed by atoms with Crippen molar-refractivity contribution in [3.05, 3.63) is 53.9 Å². The van der Waals surface area contributed by atoms with Crippen molar-refractivity contribution >= 4 is 17.0 Å². The Morgan fingerprint density at radius 1 is 1.15 bits per heavy atom. The van der Waals surface area contributed by atoms with Crippen molar-refractivity contribution in [2.24, 2.45) is 0 Å². The van der Waals surface area contributed by atoms with Crippen LogP contribution in [0.3, 0.4) is 0 Å². The highest BCUT2D eigenvalue weighted by molar-refractivity contribution is 7.13. The summed E-state index contributed by atoms with van der Waals surface area (Å²) in [7, 11) is 0. The molecule has 0 unspecified atom stereocenters. The van der Waals surface area contributed by atoms with Crippen LogP contribution in [0.25, 0.3) is 10.7 Å². The first-order chi connectivity index (χ1) is 9.83. The highest BCUT2D eigenvalue weighted by atomic mass is 32.1. The molecule has 0 atom stereocenters. The van der Waals surface area contributed by atoms with Crippen molar-refractivity contribution in [1.29, 1.82) is 0 Å². The second-order valence-corrected chi connectivity index (χ2v) is 4.80. The molecule has 3 aromatic rings. The lowest BCUT2D eigenvalue weighted by Crippen LogP contribution is -2.02. The minimum atomic E-state index is -0.378. The fourth-order valence-electron chi connectivity index (χ4n) is 1.62. The number of anilines is 1. The fraction of sp³-hybridized carbons (Fsp3) is 0.0769. The Kier molecular flexibility index (Phi) is 3.60. The summed E-state index contributed by atoms with van der Waals surface area (Å²) in [6.07, 6.45) is 7.62. The predicted molar refractivity (Wildman–Crippen MR) is 74.7 cm³/mol. The number of nitrogens with one attached hydrogen (secondary N) is 1. The van der Waals surface area contributed by atoms with Crippen LogP contribution in [0.1, 0.15) is 5.69 Å². The average molecular weight is 287 g/mol. The Bertz CT molecular complexity index is 701. The van der Waals surface area contributed by atoms with Crippen LogP contribution in [0.15, 0.2) is 42.4 Å². The third kappa shape index (κ3) is 2.77. The predicted octanol–water partition coefficient (Wildman–Crippen LogP) is 2.75. The van der Waals surface area contributed by atoms with Crippen molar-refractivity contribution in [2.75, 3.05) is 5.32 Å². The first kappa shape index (κ1) is 12.6. The zero-order chi connectivity index (χ0) is 13.8. The fourth-order valence-corrected chi connectivity index (χ4v) is 2.40. The number of hydrogen-bond acceptors (Lipinski definition) is 6. The van der Waals surface area contributed by atoms with Crippen LogP contribution in [-0.2, 0) is 6.54 Å². The van der Waals surface area contributed by atoms with Crippen LogP contribution >= 0.6 is 11.3 Å². The third-order valence-electron chi connectivity index (χ3n) is 2.57. The van der Waals surface area contributed by atoms with Crippen LogP contribution in [0.5, 0.6) is 0 Å². The molecule has 3 rings (SSSR count). The van der Waals surface area contributed by atoms with Gasteiger partial charge in [-0.2, -0.15) is 0 Å². The van der Waals surface area contributed by atoms with Crippen LogP contribution < -0.4 is 5.32 Å². The van der Waals surface area contributed by atoms with Gasteiger partial charge in [0.25, 0.3) is 0 Å². The molecule has 5 nitrogen and oxygen atoms in total. The van der Waals surface area contributed by atoms with Gasteiger partial charge < -0.3 is 5.32 Å². The molecule has 1 N–H and O–H groups in total. The molecule has 0 saturated heterocycles. The van der Waals surface area contributed by atoms with Crippen molar-refractivity contribution < 1.29 is 4.39 Å². The van der Waals surface area contributed by atoms with Gasteiger partial charge in [0.15, 0.2) is 5.82 Å². The number of halogens is 1. The number of rotatable bonds is 4. The minimum absolute atomic E-state index is 0.378. The molecule has 0 amide bonds. The summed E-state index contributed by atoms with van der Waals surface area (Å²) >= 11 is 1.48. The average Bonchev–Trinajstić information content (AvgIpc) is 2.96. The van der Waals surface area contributed by atoms with Gasteiger partial charge in [0.2, 0.25) is 0 Å². The van der Waals surface area contributed by atoms with Crippen molar-refractivity contribution in [3.63, 3.8) is 0 Å². The molecule has 0 radical (unpaired) electrons. The van der Waals surface area contributed by atoms with Crippen molar-refractivity contribution in [3.8, 4) is 10.7 Å². The summed E-state index contributed by atoms with van der Waals surface area (Å²) in [4.78, 5) is 16.3. The van der Waals surface area contributed by atoms with Gasteiger partial charge in [0.1, 0.15) is 10.7 Å². The molecule has 0 spiro atoms. The zero-order valence-electron chi connectivity index (χ0n) is 10.3. The second-order valence-electron chi connectivity index (χ2n) is 3.94. The normalized spacial score (nSPS) is 10.4. The van der Waals surface area contributed by atoms with Crippen LogP contribution in [-0.4, -0.2) is 19.9 Å². The summed E-state index contributed by atoms with van der Waals surface area (Å²) in [5, 5.41) is 5.70. The maximum Gasteiger partial charge on any atom is 0.164 e.